The van der Waals surface area contributed by atoms with Crippen LogP contribution in [-0.2, 0) is 14.3 Å². The number of rotatable bonds is 6. The van der Waals surface area contributed by atoms with E-state index in [2.05, 4.69) is 0 Å². The fraction of sp³-hybridized carbons (Fsp3) is 0.190. The quantitative estimate of drug-likeness (QED) is 0.439. The van der Waals surface area contributed by atoms with Crippen LogP contribution in [0.1, 0.15) is 25.0 Å². The number of ether oxygens (including phenoxy) is 1. The van der Waals surface area contributed by atoms with Gasteiger partial charge in [0.15, 0.2) is 6.10 Å². The first-order valence-electron chi connectivity index (χ1n) is 8.62. The van der Waals surface area contributed by atoms with Crippen molar-refractivity contribution >= 4 is 41.2 Å². The number of halogens is 1. The van der Waals surface area contributed by atoms with Crippen LogP contribution >= 0.6 is 11.6 Å². The Morgan fingerprint density at radius 1 is 1.04 bits per heavy atom. The number of nitrogens with two attached hydrogens (primary N) is 1. The molecule has 0 aliphatic heterocycles. The van der Waals surface area contributed by atoms with Crippen molar-refractivity contribution in [1.82, 2.24) is 5.32 Å². The van der Waals surface area contributed by atoms with Gasteiger partial charge in [-0.05, 0) is 35.3 Å². The number of carbonyl (C=O) groups excluding carboxylic acids is 3. The molecule has 0 aromatic heterocycles. The molecule has 0 saturated heterocycles. The van der Waals surface area contributed by atoms with Crippen LogP contribution in [0.15, 0.2) is 54.6 Å². The van der Waals surface area contributed by atoms with Crippen molar-refractivity contribution in [3.63, 3.8) is 0 Å². The molecule has 2 aromatic carbocycles. The van der Waals surface area contributed by atoms with Gasteiger partial charge in [-0.3, -0.25) is 10.1 Å². The number of imide groups is 1. The second-order valence-corrected chi connectivity index (χ2v) is 6.84. The maximum absolute atomic E-state index is 12.9. The Morgan fingerprint density at radius 3 is 2.18 bits per heavy atom. The summed E-state index contributed by atoms with van der Waals surface area (Å²) in [5.41, 5.74) is 6.61. The molecule has 0 bridgehead atoms. The first kappa shape index (κ1) is 21.2. The lowest BCUT2D eigenvalue weighted by Crippen LogP contribution is -2.45. The average Bonchev–Trinajstić information content (AvgIpc) is 2.64. The number of hydrogen-bond acceptors (Lipinski definition) is 4. The van der Waals surface area contributed by atoms with E-state index in [4.69, 9.17) is 22.1 Å². The molecule has 0 heterocycles. The third kappa shape index (κ3) is 5.96. The van der Waals surface area contributed by atoms with Gasteiger partial charge in [-0.2, -0.15) is 0 Å². The van der Waals surface area contributed by atoms with Gasteiger partial charge in [0.2, 0.25) is 0 Å². The van der Waals surface area contributed by atoms with Crippen molar-refractivity contribution in [2.24, 2.45) is 11.7 Å². The zero-order valence-corrected chi connectivity index (χ0v) is 16.3. The molecule has 3 amide bonds. The van der Waals surface area contributed by atoms with Crippen LogP contribution in [0.4, 0.5) is 4.79 Å². The van der Waals surface area contributed by atoms with Gasteiger partial charge in [0.1, 0.15) is 0 Å². The Morgan fingerprint density at radius 2 is 1.64 bits per heavy atom. The van der Waals surface area contributed by atoms with Crippen LogP contribution in [0.3, 0.4) is 0 Å². The highest BCUT2D eigenvalue weighted by atomic mass is 35.5. The van der Waals surface area contributed by atoms with Crippen molar-refractivity contribution in [3.8, 4) is 0 Å². The van der Waals surface area contributed by atoms with Crippen molar-refractivity contribution in [1.29, 1.82) is 0 Å². The molecule has 0 aliphatic carbocycles. The van der Waals surface area contributed by atoms with E-state index in [1.54, 1.807) is 44.2 Å². The molecule has 7 heteroatoms. The molecule has 1 atom stereocenters. The number of benzene rings is 2. The molecule has 0 saturated carbocycles. The van der Waals surface area contributed by atoms with Crippen LogP contribution in [-0.4, -0.2) is 24.0 Å². The van der Waals surface area contributed by atoms with Crippen LogP contribution in [0.25, 0.3) is 11.6 Å². The molecule has 2 aromatic rings. The van der Waals surface area contributed by atoms with Crippen molar-refractivity contribution in [2.75, 3.05) is 0 Å². The van der Waals surface area contributed by atoms with Gasteiger partial charge in [-0.1, -0.05) is 67.9 Å². The topological polar surface area (TPSA) is 98.5 Å². The Hall–Kier alpha value is -3.12. The van der Waals surface area contributed by atoms with E-state index in [-0.39, 0.29) is 11.5 Å². The third-order valence-electron chi connectivity index (χ3n) is 3.83. The van der Waals surface area contributed by atoms with Crippen molar-refractivity contribution in [3.05, 3.63) is 70.7 Å². The summed E-state index contributed by atoms with van der Waals surface area (Å²) < 4.78 is 5.43. The Balaban J connectivity index is 2.37. The Labute approximate surface area is 168 Å². The lowest BCUT2D eigenvalue weighted by atomic mass is 10.0. The summed E-state index contributed by atoms with van der Waals surface area (Å²) in [6.07, 6.45) is 0.487. The van der Waals surface area contributed by atoms with Crippen molar-refractivity contribution in [2.45, 2.75) is 20.0 Å². The molecule has 6 nitrogen and oxygen atoms in total. The average molecular weight is 401 g/mol. The fourth-order valence-electron chi connectivity index (χ4n) is 2.47. The van der Waals surface area contributed by atoms with E-state index in [1.807, 2.05) is 35.6 Å². The standard InChI is InChI=1S/C21H21ClN2O4/c1-13(2)18(19(25)24-21(23)27)28-20(26)17(12-14-6-4-3-5-7-14)15-8-10-16(22)11-9-15/h3-13,18H,1-2H3,(H3,23,24,25,27)/b17-12+/t18-/m0/s1. The Kier molecular flexibility index (Phi) is 7.35. The highest BCUT2D eigenvalue weighted by Gasteiger charge is 2.29. The highest BCUT2D eigenvalue weighted by Crippen LogP contribution is 2.23. The van der Waals surface area contributed by atoms with Crippen LogP contribution in [0.5, 0.6) is 0 Å². The minimum atomic E-state index is -1.17. The van der Waals surface area contributed by atoms with Gasteiger partial charge in [0, 0.05) is 5.02 Å². The monoisotopic (exact) mass is 400 g/mol. The maximum Gasteiger partial charge on any atom is 0.339 e. The molecule has 28 heavy (non-hydrogen) atoms. The lowest BCUT2D eigenvalue weighted by molar-refractivity contribution is -0.152. The normalized spacial score (nSPS) is 12.4. The second kappa shape index (κ2) is 9.71. The smallest absolute Gasteiger partial charge is 0.339 e. The third-order valence-corrected chi connectivity index (χ3v) is 4.08. The minimum absolute atomic E-state index is 0.250. The van der Waals surface area contributed by atoms with Crippen LogP contribution < -0.4 is 11.1 Å². The summed E-state index contributed by atoms with van der Waals surface area (Å²) in [7, 11) is 0. The van der Waals surface area contributed by atoms with E-state index in [1.165, 1.54) is 0 Å². The fourth-order valence-corrected chi connectivity index (χ4v) is 2.60. The van der Waals surface area contributed by atoms with E-state index < -0.39 is 24.0 Å². The first-order chi connectivity index (χ1) is 13.3. The molecule has 146 valence electrons. The molecular weight excluding hydrogens is 380 g/mol. The molecule has 0 aliphatic rings. The van der Waals surface area contributed by atoms with E-state index in [0.29, 0.717) is 10.6 Å². The predicted molar refractivity (Wildman–Crippen MR) is 108 cm³/mol. The number of urea groups is 1. The predicted octanol–water partition coefficient (Wildman–Crippen LogP) is 3.64. The van der Waals surface area contributed by atoms with Gasteiger partial charge < -0.3 is 10.5 Å². The molecular formula is C21H21ClN2O4. The number of hydrogen-bond donors (Lipinski definition) is 2. The van der Waals surface area contributed by atoms with Gasteiger partial charge in [-0.15, -0.1) is 0 Å². The van der Waals surface area contributed by atoms with Gasteiger partial charge in [-0.25, -0.2) is 9.59 Å². The summed E-state index contributed by atoms with van der Waals surface area (Å²) in [5, 5.41) is 2.48. The molecule has 0 unspecified atom stereocenters. The van der Waals surface area contributed by atoms with Gasteiger partial charge in [0.25, 0.3) is 5.91 Å². The van der Waals surface area contributed by atoms with E-state index in [9.17, 15) is 14.4 Å². The Bertz CT molecular complexity index is 877. The summed E-state index contributed by atoms with van der Waals surface area (Å²) in [4.78, 5) is 36.1. The number of primary amides is 1. The molecule has 0 fully saturated rings. The SMILES string of the molecule is CC(C)[C@H](OC(=O)/C(=C/c1ccccc1)c1ccc(Cl)cc1)C(=O)NC(N)=O. The molecule has 2 rings (SSSR count). The van der Waals surface area contributed by atoms with Crippen LogP contribution in [0.2, 0.25) is 5.02 Å². The molecule has 3 N–H and O–H groups in total. The van der Waals surface area contributed by atoms with Gasteiger partial charge >= 0.3 is 12.0 Å². The van der Waals surface area contributed by atoms with Crippen molar-refractivity contribution < 1.29 is 19.1 Å². The van der Waals surface area contributed by atoms with Gasteiger partial charge in [0.05, 0.1) is 5.57 Å². The first-order valence-corrected chi connectivity index (χ1v) is 8.99. The summed E-state index contributed by atoms with van der Waals surface area (Å²) in [5.74, 6) is -1.85. The zero-order valence-electron chi connectivity index (χ0n) is 15.5. The minimum Gasteiger partial charge on any atom is -0.448 e. The number of carbonyl (C=O) groups is 3. The zero-order chi connectivity index (χ0) is 20.7. The van der Waals surface area contributed by atoms with E-state index >= 15 is 0 Å². The molecule has 0 spiro atoms. The summed E-state index contributed by atoms with van der Waals surface area (Å²) in [6, 6.07) is 14.9. The summed E-state index contributed by atoms with van der Waals surface area (Å²) in [6.45, 7) is 3.39. The largest absolute Gasteiger partial charge is 0.448 e. The number of amides is 3. The van der Waals surface area contributed by atoms with E-state index in [0.717, 1.165) is 5.56 Å². The summed E-state index contributed by atoms with van der Waals surface area (Å²) >= 11 is 5.94. The molecule has 0 radical (unpaired) electrons. The highest BCUT2D eigenvalue weighted by molar-refractivity contribution is 6.30. The maximum atomic E-state index is 12.9. The lowest BCUT2D eigenvalue weighted by Gasteiger charge is -2.21. The van der Waals surface area contributed by atoms with Crippen LogP contribution in [0, 0.1) is 5.92 Å². The second-order valence-electron chi connectivity index (χ2n) is 6.40. The number of nitrogens with one attached hydrogen (secondary N) is 1. The number of esters is 1.